The SMILES string of the molecule is CCCNCc1cc(F)c(N(C)CC(C)O)c(F)c1. The molecule has 1 unspecified atom stereocenters. The number of likely N-dealkylation sites (N-methyl/N-ethyl adjacent to an activating group) is 1. The third-order valence-electron chi connectivity index (χ3n) is 2.75. The zero-order valence-electron chi connectivity index (χ0n) is 11.7. The quantitative estimate of drug-likeness (QED) is 0.748. The van der Waals surface area contributed by atoms with Crippen LogP contribution in [0.3, 0.4) is 0 Å². The highest BCUT2D eigenvalue weighted by molar-refractivity contribution is 5.50. The minimum absolute atomic E-state index is 0.0971. The Hall–Kier alpha value is -1.20. The summed E-state index contributed by atoms with van der Waals surface area (Å²) in [6.45, 7) is 5.05. The van der Waals surface area contributed by atoms with Gasteiger partial charge in [0.2, 0.25) is 0 Å². The van der Waals surface area contributed by atoms with Crippen LogP contribution in [0.1, 0.15) is 25.8 Å². The highest BCUT2D eigenvalue weighted by atomic mass is 19.1. The van der Waals surface area contributed by atoms with Crippen LogP contribution in [0, 0.1) is 11.6 Å². The minimum atomic E-state index is -0.644. The van der Waals surface area contributed by atoms with Crippen LogP contribution in [0.4, 0.5) is 14.5 Å². The zero-order valence-corrected chi connectivity index (χ0v) is 11.7. The number of rotatable bonds is 7. The van der Waals surface area contributed by atoms with Crippen molar-refractivity contribution in [2.75, 3.05) is 25.0 Å². The van der Waals surface area contributed by atoms with Gasteiger partial charge in [-0.1, -0.05) is 6.92 Å². The molecule has 2 N–H and O–H groups in total. The van der Waals surface area contributed by atoms with Gasteiger partial charge < -0.3 is 15.3 Å². The van der Waals surface area contributed by atoms with E-state index < -0.39 is 17.7 Å². The fourth-order valence-corrected chi connectivity index (χ4v) is 1.98. The Bertz CT molecular complexity index is 387. The Kier molecular flexibility index (Phi) is 6.18. The number of hydrogen-bond acceptors (Lipinski definition) is 3. The van der Waals surface area contributed by atoms with Crippen molar-refractivity contribution in [1.29, 1.82) is 0 Å². The molecule has 0 saturated heterocycles. The monoisotopic (exact) mass is 272 g/mol. The van der Waals surface area contributed by atoms with Gasteiger partial charge in [0.25, 0.3) is 0 Å². The van der Waals surface area contributed by atoms with Crippen molar-refractivity contribution in [2.45, 2.75) is 32.9 Å². The van der Waals surface area contributed by atoms with Gasteiger partial charge in [-0.25, -0.2) is 8.78 Å². The van der Waals surface area contributed by atoms with Gasteiger partial charge >= 0.3 is 0 Å². The molecule has 0 amide bonds. The van der Waals surface area contributed by atoms with Crippen LogP contribution < -0.4 is 10.2 Å². The van der Waals surface area contributed by atoms with E-state index in [4.69, 9.17) is 0 Å². The van der Waals surface area contributed by atoms with Gasteiger partial charge in [0.1, 0.15) is 17.3 Å². The average Bonchev–Trinajstić information content (AvgIpc) is 2.27. The molecule has 5 heteroatoms. The molecule has 0 radical (unpaired) electrons. The van der Waals surface area contributed by atoms with E-state index in [-0.39, 0.29) is 12.2 Å². The van der Waals surface area contributed by atoms with E-state index in [1.807, 2.05) is 6.92 Å². The van der Waals surface area contributed by atoms with Crippen LogP contribution in [0.5, 0.6) is 0 Å². The number of halogens is 2. The van der Waals surface area contributed by atoms with Gasteiger partial charge in [-0.15, -0.1) is 0 Å². The first-order valence-electron chi connectivity index (χ1n) is 6.53. The van der Waals surface area contributed by atoms with Gasteiger partial charge in [0, 0.05) is 20.1 Å². The highest BCUT2D eigenvalue weighted by Gasteiger charge is 2.16. The summed E-state index contributed by atoms with van der Waals surface area (Å²) in [7, 11) is 1.56. The maximum atomic E-state index is 13.9. The van der Waals surface area contributed by atoms with E-state index in [0.717, 1.165) is 13.0 Å². The molecule has 0 aliphatic heterocycles. The van der Waals surface area contributed by atoms with Crippen LogP contribution in [0.25, 0.3) is 0 Å². The maximum Gasteiger partial charge on any atom is 0.149 e. The lowest BCUT2D eigenvalue weighted by molar-refractivity contribution is 0.201. The summed E-state index contributed by atoms with van der Waals surface area (Å²) in [5.41, 5.74) is 0.484. The lowest BCUT2D eigenvalue weighted by Crippen LogP contribution is -2.28. The number of hydrogen-bond donors (Lipinski definition) is 2. The number of anilines is 1. The predicted molar refractivity (Wildman–Crippen MR) is 73.3 cm³/mol. The highest BCUT2D eigenvalue weighted by Crippen LogP contribution is 2.24. The van der Waals surface area contributed by atoms with Crippen molar-refractivity contribution in [2.24, 2.45) is 0 Å². The Morgan fingerprint density at radius 2 is 1.89 bits per heavy atom. The molecule has 0 aliphatic rings. The fraction of sp³-hybridized carbons (Fsp3) is 0.571. The Morgan fingerprint density at radius 3 is 2.37 bits per heavy atom. The molecular weight excluding hydrogens is 250 g/mol. The fourth-order valence-electron chi connectivity index (χ4n) is 1.98. The summed E-state index contributed by atoms with van der Waals surface area (Å²) in [6, 6.07) is 2.67. The minimum Gasteiger partial charge on any atom is -0.392 e. The molecule has 3 nitrogen and oxygen atoms in total. The molecule has 0 bridgehead atoms. The first-order chi connectivity index (χ1) is 8.95. The number of aliphatic hydroxyl groups excluding tert-OH is 1. The summed E-state index contributed by atoms with van der Waals surface area (Å²) in [5.74, 6) is -1.20. The van der Waals surface area contributed by atoms with Crippen molar-refractivity contribution in [3.63, 3.8) is 0 Å². The Morgan fingerprint density at radius 1 is 1.32 bits per heavy atom. The lowest BCUT2D eigenvalue weighted by atomic mass is 10.1. The van der Waals surface area contributed by atoms with Crippen LogP contribution in [-0.2, 0) is 6.54 Å². The first-order valence-corrected chi connectivity index (χ1v) is 6.53. The van der Waals surface area contributed by atoms with Gasteiger partial charge in [0.05, 0.1) is 6.10 Å². The van der Waals surface area contributed by atoms with E-state index in [1.165, 1.54) is 17.0 Å². The second-order valence-corrected chi connectivity index (χ2v) is 4.81. The smallest absolute Gasteiger partial charge is 0.149 e. The normalized spacial score (nSPS) is 12.5. The molecule has 0 saturated carbocycles. The van der Waals surface area contributed by atoms with E-state index in [0.29, 0.717) is 12.1 Å². The first kappa shape index (κ1) is 15.9. The molecule has 1 atom stereocenters. The van der Waals surface area contributed by atoms with E-state index >= 15 is 0 Å². The third-order valence-corrected chi connectivity index (χ3v) is 2.75. The number of nitrogens with one attached hydrogen (secondary N) is 1. The largest absolute Gasteiger partial charge is 0.392 e. The molecule has 1 aromatic rings. The average molecular weight is 272 g/mol. The van der Waals surface area contributed by atoms with Crippen LogP contribution in [0.15, 0.2) is 12.1 Å². The molecule has 0 aliphatic carbocycles. The van der Waals surface area contributed by atoms with Crippen LogP contribution >= 0.6 is 0 Å². The van der Waals surface area contributed by atoms with Gasteiger partial charge in [-0.2, -0.15) is 0 Å². The number of aliphatic hydroxyl groups is 1. The summed E-state index contributed by atoms with van der Waals surface area (Å²) in [4.78, 5) is 1.39. The van der Waals surface area contributed by atoms with Gasteiger partial charge in [-0.05, 0) is 37.6 Å². The van der Waals surface area contributed by atoms with Crippen LogP contribution in [0.2, 0.25) is 0 Å². The molecule has 0 aromatic heterocycles. The van der Waals surface area contributed by atoms with Crippen molar-refractivity contribution < 1.29 is 13.9 Å². The summed E-state index contributed by atoms with van der Waals surface area (Å²) in [6.07, 6.45) is 0.329. The van der Waals surface area contributed by atoms with Gasteiger partial charge in [-0.3, -0.25) is 0 Å². The maximum absolute atomic E-state index is 13.9. The Labute approximate surface area is 113 Å². The van der Waals surface area contributed by atoms with Crippen molar-refractivity contribution in [3.05, 3.63) is 29.3 Å². The molecule has 19 heavy (non-hydrogen) atoms. The summed E-state index contributed by atoms with van der Waals surface area (Å²) in [5, 5.41) is 12.4. The second kappa shape index (κ2) is 7.40. The standard InChI is InChI=1S/C14H22F2N2O/c1-4-5-17-8-11-6-12(15)14(13(16)7-11)18(3)9-10(2)19/h6-7,10,17,19H,4-5,8-9H2,1-3H3. The second-order valence-electron chi connectivity index (χ2n) is 4.81. The molecule has 1 aromatic carbocycles. The van der Waals surface area contributed by atoms with Gasteiger partial charge in [0.15, 0.2) is 0 Å². The van der Waals surface area contributed by atoms with E-state index in [1.54, 1.807) is 14.0 Å². The molecule has 0 fully saturated rings. The topological polar surface area (TPSA) is 35.5 Å². The number of benzene rings is 1. The summed E-state index contributed by atoms with van der Waals surface area (Å²) >= 11 is 0. The van der Waals surface area contributed by atoms with Crippen molar-refractivity contribution in [3.8, 4) is 0 Å². The molecule has 0 heterocycles. The summed E-state index contributed by atoms with van der Waals surface area (Å²) < 4.78 is 27.9. The van der Waals surface area contributed by atoms with E-state index in [9.17, 15) is 13.9 Å². The molecule has 108 valence electrons. The molecular formula is C14H22F2N2O. The van der Waals surface area contributed by atoms with Crippen LogP contribution in [-0.4, -0.2) is 31.3 Å². The Balaban J connectivity index is 2.84. The third kappa shape index (κ3) is 4.76. The lowest BCUT2D eigenvalue weighted by Gasteiger charge is -2.22. The van der Waals surface area contributed by atoms with Crippen molar-refractivity contribution in [1.82, 2.24) is 5.32 Å². The van der Waals surface area contributed by atoms with E-state index in [2.05, 4.69) is 5.32 Å². The molecule has 0 spiro atoms. The predicted octanol–water partition coefficient (Wildman–Crippen LogP) is 2.28. The zero-order chi connectivity index (χ0) is 14.4. The number of nitrogens with zero attached hydrogens (tertiary/aromatic N) is 1. The molecule has 1 rings (SSSR count). The van der Waals surface area contributed by atoms with Crippen molar-refractivity contribution >= 4 is 5.69 Å².